The number of furan rings is 1. The van der Waals surface area contributed by atoms with Gasteiger partial charge < -0.3 is 28.6 Å². The highest BCUT2D eigenvalue weighted by molar-refractivity contribution is 6.00. The number of nitrogens with zero attached hydrogens (tertiary/aromatic N) is 3. The molecule has 0 saturated carbocycles. The number of carbonyl (C=O) groups is 1. The second kappa shape index (κ2) is 11.0. The van der Waals surface area contributed by atoms with Crippen LogP contribution in [0, 0.1) is 6.92 Å². The number of aryl methyl sites for hydroxylation is 2. The number of rotatable bonds is 9. The zero-order valence-electron chi connectivity index (χ0n) is 23.8. The molecule has 42 heavy (non-hydrogen) atoms. The van der Waals surface area contributed by atoms with Crippen LogP contribution >= 0.6 is 0 Å². The maximum Gasteiger partial charge on any atom is 0.273 e. The molecule has 9 heteroatoms. The van der Waals surface area contributed by atoms with E-state index in [0.717, 1.165) is 22.4 Å². The predicted octanol–water partition coefficient (Wildman–Crippen LogP) is 6.04. The fraction of sp³-hybridized carbons (Fsp3) is 0.212. The Morgan fingerprint density at radius 1 is 0.976 bits per heavy atom. The average molecular weight is 566 g/mol. The smallest absolute Gasteiger partial charge is 0.273 e. The van der Waals surface area contributed by atoms with Gasteiger partial charge in [0.15, 0.2) is 11.5 Å². The van der Waals surface area contributed by atoms with Crippen LogP contribution in [0.4, 0.5) is 0 Å². The summed E-state index contributed by atoms with van der Waals surface area (Å²) < 4.78 is 24.2. The van der Waals surface area contributed by atoms with Crippen molar-refractivity contribution in [1.29, 1.82) is 0 Å². The fourth-order valence-electron chi connectivity index (χ4n) is 5.39. The molecule has 1 aliphatic rings. The molecule has 0 radical (unpaired) electrons. The first-order valence-corrected chi connectivity index (χ1v) is 13.5. The van der Waals surface area contributed by atoms with Gasteiger partial charge in [-0.25, -0.2) is 0 Å². The molecule has 0 saturated heterocycles. The van der Waals surface area contributed by atoms with Crippen molar-refractivity contribution in [3.05, 3.63) is 113 Å². The minimum absolute atomic E-state index is 0.112. The van der Waals surface area contributed by atoms with E-state index in [-0.39, 0.29) is 29.7 Å². The van der Waals surface area contributed by atoms with Crippen molar-refractivity contribution in [3.63, 3.8) is 0 Å². The molecule has 9 nitrogen and oxygen atoms in total. The summed E-state index contributed by atoms with van der Waals surface area (Å²) in [6, 6.07) is 22.5. The van der Waals surface area contributed by atoms with Crippen LogP contribution in [-0.4, -0.2) is 39.9 Å². The maximum atomic E-state index is 13.9. The maximum absolute atomic E-state index is 13.9. The highest BCUT2D eigenvalue weighted by Gasteiger charge is 2.44. The largest absolute Gasteiger partial charge is 0.502 e. The molecule has 3 aromatic carbocycles. The van der Waals surface area contributed by atoms with Crippen molar-refractivity contribution in [2.45, 2.75) is 26.1 Å². The molecule has 3 heterocycles. The van der Waals surface area contributed by atoms with Crippen molar-refractivity contribution in [3.8, 4) is 34.3 Å². The number of hydrogen-bond acceptors (Lipinski definition) is 7. The number of phenols is 1. The lowest BCUT2D eigenvalue weighted by molar-refractivity contribution is 0.0712. The summed E-state index contributed by atoms with van der Waals surface area (Å²) >= 11 is 0. The van der Waals surface area contributed by atoms with Crippen LogP contribution in [-0.2, 0) is 20.2 Å². The Kier molecular flexibility index (Phi) is 7.08. The van der Waals surface area contributed by atoms with Gasteiger partial charge in [-0.15, -0.1) is 0 Å². The van der Waals surface area contributed by atoms with Crippen molar-refractivity contribution in [2.24, 2.45) is 7.05 Å². The van der Waals surface area contributed by atoms with E-state index in [2.05, 4.69) is 31.2 Å². The van der Waals surface area contributed by atoms with E-state index < -0.39 is 6.04 Å². The van der Waals surface area contributed by atoms with Crippen LogP contribution in [0.1, 0.15) is 44.5 Å². The molecule has 5 aromatic rings. The molecule has 0 bridgehead atoms. The molecule has 1 unspecified atom stereocenters. The molecule has 1 amide bonds. The summed E-state index contributed by atoms with van der Waals surface area (Å²) in [5.74, 6) is 1.55. The van der Waals surface area contributed by atoms with Gasteiger partial charge in [-0.1, -0.05) is 29.8 Å². The molecule has 2 aromatic heterocycles. The third kappa shape index (κ3) is 4.83. The second-order valence-corrected chi connectivity index (χ2v) is 10.2. The number of hydrogen-bond donors (Lipinski definition) is 1. The van der Waals surface area contributed by atoms with Crippen LogP contribution in [0.15, 0.2) is 83.5 Å². The highest BCUT2D eigenvalue weighted by Crippen LogP contribution is 2.48. The van der Waals surface area contributed by atoms with Gasteiger partial charge in [0.05, 0.1) is 38.8 Å². The lowest BCUT2D eigenvalue weighted by Gasteiger charge is -2.26. The number of methoxy groups -OCH3 is 2. The van der Waals surface area contributed by atoms with E-state index >= 15 is 0 Å². The zero-order chi connectivity index (χ0) is 29.4. The summed E-state index contributed by atoms with van der Waals surface area (Å²) in [7, 11) is 4.72. The van der Waals surface area contributed by atoms with Gasteiger partial charge in [-0.05, 0) is 66.6 Å². The summed E-state index contributed by atoms with van der Waals surface area (Å²) in [5.41, 5.74) is 5.73. The van der Waals surface area contributed by atoms with Gasteiger partial charge in [-0.3, -0.25) is 9.48 Å². The SMILES string of the molecule is COc1cc(C2c3c(-c4ccc(OCc5ccc(C)cc5)cc4)nn(C)c3C(=O)N2Cc2ccco2)cc(OC)c1O. The van der Waals surface area contributed by atoms with Gasteiger partial charge in [0.1, 0.15) is 23.8 Å². The number of ether oxygens (including phenoxy) is 3. The number of benzene rings is 3. The molecule has 0 fully saturated rings. The van der Waals surface area contributed by atoms with Gasteiger partial charge in [0.2, 0.25) is 5.75 Å². The van der Waals surface area contributed by atoms with Gasteiger partial charge >= 0.3 is 0 Å². The van der Waals surface area contributed by atoms with Gasteiger partial charge in [0, 0.05) is 18.2 Å². The second-order valence-electron chi connectivity index (χ2n) is 10.2. The number of aromatic hydroxyl groups is 1. The summed E-state index contributed by atoms with van der Waals surface area (Å²) in [5, 5.41) is 15.4. The number of fused-ring (bicyclic) bond motifs is 1. The Labute approximate surface area is 243 Å². The van der Waals surface area contributed by atoms with Crippen molar-refractivity contribution in [1.82, 2.24) is 14.7 Å². The Balaban J connectivity index is 1.40. The number of phenolic OH excluding ortho intramolecular Hbond substituents is 1. The predicted molar refractivity (Wildman–Crippen MR) is 156 cm³/mol. The molecular formula is C33H31N3O6. The van der Waals surface area contributed by atoms with Crippen LogP contribution < -0.4 is 14.2 Å². The van der Waals surface area contributed by atoms with Crippen LogP contribution in [0.3, 0.4) is 0 Å². The third-order valence-corrected chi connectivity index (χ3v) is 7.51. The Bertz CT molecular complexity index is 1700. The molecule has 6 rings (SSSR count). The molecular weight excluding hydrogens is 534 g/mol. The molecule has 0 aliphatic carbocycles. The molecule has 1 aliphatic heterocycles. The minimum atomic E-state index is -0.554. The van der Waals surface area contributed by atoms with Crippen molar-refractivity contribution in [2.75, 3.05) is 14.2 Å². The summed E-state index contributed by atoms with van der Waals surface area (Å²) in [6.07, 6.45) is 1.58. The summed E-state index contributed by atoms with van der Waals surface area (Å²) in [6.45, 7) is 2.75. The average Bonchev–Trinajstić information content (AvgIpc) is 3.71. The highest BCUT2D eigenvalue weighted by atomic mass is 16.5. The first-order valence-electron chi connectivity index (χ1n) is 13.5. The van der Waals surface area contributed by atoms with E-state index in [4.69, 9.17) is 23.7 Å². The van der Waals surface area contributed by atoms with E-state index in [1.807, 2.05) is 30.3 Å². The molecule has 0 spiro atoms. The number of aromatic nitrogens is 2. The fourth-order valence-corrected chi connectivity index (χ4v) is 5.39. The topological polar surface area (TPSA) is 99.2 Å². The standard InChI is InChI=1S/C33H31N3O6/c1-20-7-9-21(10-8-20)19-42-24-13-11-22(12-14-24)29-28-30(23-16-26(39-3)32(37)27(17-23)40-4)36(18-25-6-5-15-41-25)33(38)31(28)35(2)34-29/h5-17,30,37H,18-19H2,1-4H3. The molecule has 214 valence electrons. The Morgan fingerprint density at radius 2 is 1.67 bits per heavy atom. The van der Waals surface area contributed by atoms with E-state index in [1.54, 1.807) is 41.1 Å². The van der Waals surface area contributed by atoms with Crippen LogP contribution in [0.2, 0.25) is 0 Å². The minimum Gasteiger partial charge on any atom is -0.502 e. The first kappa shape index (κ1) is 27.0. The Morgan fingerprint density at radius 3 is 2.29 bits per heavy atom. The van der Waals surface area contributed by atoms with Crippen LogP contribution in [0.25, 0.3) is 11.3 Å². The van der Waals surface area contributed by atoms with Crippen LogP contribution in [0.5, 0.6) is 23.0 Å². The third-order valence-electron chi connectivity index (χ3n) is 7.51. The van der Waals surface area contributed by atoms with Crippen molar-refractivity contribution >= 4 is 5.91 Å². The van der Waals surface area contributed by atoms with E-state index in [9.17, 15) is 9.90 Å². The normalized spacial score (nSPS) is 14.2. The lowest BCUT2D eigenvalue weighted by Crippen LogP contribution is -2.29. The lowest BCUT2D eigenvalue weighted by atomic mass is 9.95. The quantitative estimate of drug-likeness (QED) is 0.233. The summed E-state index contributed by atoms with van der Waals surface area (Å²) in [4.78, 5) is 15.7. The van der Waals surface area contributed by atoms with Gasteiger partial charge in [-0.2, -0.15) is 5.10 Å². The molecule has 1 N–H and O–H groups in total. The molecule has 1 atom stereocenters. The Hall–Kier alpha value is -5.18. The van der Waals surface area contributed by atoms with E-state index in [0.29, 0.717) is 29.3 Å². The van der Waals surface area contributed by atoms with Crippen molar-refractivity contribution < 1.29 is 28.5 Å². The monoisotopic (exact) mass is 565 g/mol. The number of amides is 1. The van der Waals surface area contributed by atoms with Gasteiger partial charge in [0.25, 0.3) is 5.91 Å². The number of carbonyl (C=O) groups excluding carboxylic acids is 1. The zero-order valence-corrected chi connectivity index (χ0v) is 23.8. The first-order chi connectivity index (χ1) is 20.4. The van der Waals surface area contributed by atoms with E-state index in [1.165, 1.54) is 19.8 Å².